The first kappa shape index (κ1) is 34.2. The van der Waals surface area contributed by atoms with E-state index >= 15 is 0 Å². The molecule has 0 heterocycles. The van der Waals surface area contributed by atoms with Gasteiger partial charge in [-0.25, -0.2) is 0 Å². The van der Waals surface area contributed by atoms with Crippen LogP contribution >= 0.6 is 209 Å². The standard InChI is InChI=1S/C10H5Cl18N/c11-3(12,5(15,16)7(19,20)9(23,24)25)1-29-2-4(13,14)6(17,18)8(21,22)10(26,27)28/h29H,1-2H2. The van der Waals surface area contributed by atoms with E-state index in [2.05, 4.69) is 5.32 Å². The number of nitrogens with one attached hydrogen (secondary N) is 1. The van der Waals surface area contributed by atoms with Gasteiger partial charge < -0.3 is 5.32 Å². The molecule has 0 aliphatic rings. The largest absolute Gasteiger partial charge is 0.311 e. The second-order valence-electron chi connectivity index (χ2n) is 5.31. The molecule has 176 valence electrons. The van der Waals surface area contributed by atoms with Gasteiger partial charge in [0.05, 0.1) is 0 Å². The SMILES string of the molecule is ClC(Cl)(Cl)C(Cl)(Cl)C(Cl)(Cl)C(Cl)(Cl)CNCC(Cl)(Cl)C(Cl)(Cl)C(Cl)(Cl)C(Cl)(Cl)Cl. The van der Waals surface area contributed by atoms with E-state index in [-0.39, 0.29) is 0 Å². The molecule has 0 aromatic heterocycles. The Labute approximate surface area is 257 Å². The summed E-state index contributed by atoms with van der Waals surface area (Å²) in [6.07, 6.45) is 0. The molecule has 0 fully saturated rings. The van der Waals surface area contributed by atoms with Crippen LogP contribution in [0.4, 0.5) is 0 Å². The molecule has 0 radical (unpaired) electrons. The molecule has 0 rings (SSSR count). The highest BCUT2D eigenvalue weighted by Gasteiger charge is 2.69. The molecule has 0 bridgehead atoms. The van der Waals surface area contributed by atoms with Crippen LogP contribution in [0.1, 0.15) is 0 Å². The molecule has 0 atom stereocenters. The number of alkyl halides is 18. The average Bonchev–Trinajstić information content (AvgIpc) is 2.43. The molecule has 1 nitrogen and oxygen atoms in total. The van der Waals surface area contributed by atoms with Crippen LogP contribution < -0.4 is 5.32 Å². The van der Waals surface area contributed by atoms with Crippen molar-refractivity contribution in [3.8, 4) is 0 Å². The second kappa shape index (κ2) is 10.9. The summed E-state index contributed by atoms with van der Waals surface area (Å²) in [6.45, 7) is -1.02. The Morgan fingerprint density at radius 2 is 0.552 bits per heavy atom. The summed E-state index contributed by atoms with van der Waals surface area (Å²) in [7, 11) is 0. The summed E-state index contributed by atoms with van der Waals surface area (Å²) in [4.78, 5) is 0. The molecule has 19 heteroatoms. The molecule has 0 aliphatic heterocycles. The fourth-order valence-electron chi connectivity index (χ4n) is 1.41. The van der Waals surface area contributed by atoms with Crippen LogP contribution in [-0.2, 0) is 0 Å². The minimum Gasteiger partial charge on any atom is -0.311 e. The minimum absolute atomic E-state index is 0.512. The summed E-state index contributed by atoms with van der Waals surface area (Å²) in [5.41, 5.74) is 0. The van der Waals surface area contributed by atoms with E-state index in [1.165, 1.54) is 0 Å². The van der Waals surface area contributed by atoms with Crippen molar-refractivity contribution < 1.29 is 0 Å². The van der Waals surface area contributed by atoms with Crippen molar-refractivity contribution in [1.29, 1.82) is 0 Å². The molecule has 0 aromatic rings. The number of halogens is 18. The van der Waals surface area contributed by atoms with Gasteiger partial charge in [-0.3, -0.25) is 0 Å². The van der Waals surface area contributed by atoms with Gasteiger partial charge in [0.25, 0.3) is 0 Å². The summed E-state index contributed by atoms with van der Waals surface area (Å²) in [5, 5.41) is 2.57. The smallest absolute Gasteiger partial charge is 0.226 e. The lowest BCUT2D eigenvalue weighted by atomic mass is 10.1. The zero-order valence-corrected chi connectivity index (χ0v) is 26.3. The Kier molecular flexibility index (Phi) is 12.8. The van der Waals surface area contributed by atoms with Crippen molar-refractivity contribution in [2.75, 3.05) is 13.1 Å². The van der Waals surface area contributed by atoms with E-state index < -0.39 is 46.7 Å². The quantitative estimate of drug-likeness (QED) is 0.242. The van der Waals surface area contributed by atoms with Gasteiger partial charge >= 0.3 is 0 Å². The third kappa shape index (κ3) is 7.15. The zero-order valence-electron chi connectivity index (χ0n) is 12.7. The lowest BCUT2D eigenvalue weighted by Crippen LogP contribution is -2.62. The predicted octanol–water partition coefficient (Wildman–Crippen LogP) is 10.4. The minimum atomic E-state index is -2.49. The van der Waals surface area contributed by atoms with Gasteiger partial charge in [0.15, 0.2) is 26.0 Å². The van der Waals surface area contributed by atoms with Gasteiger partial charge in [-0.05, 0) is 0 Å². The van der Waals surface area contributed by atoms with E-state index in [0.29, 0.717) is 0 Å². The lowest BCUT2D eigenvalue weighted by molar-refractivity contribution is 0.495. The van der Waals surface area contributed by atoms with Crippen LogP contribution in [0.5, 0.6) is 0 Å². The normalized spacial score (nSPS) is 16.3. The maximum absolute atomic E-state index is 6.15. The van der Waals surface area contributed by atoms with Gasteiger partial charge in [0.1, 0.15) is 0 Å². The third-order valence-corrected chi connectivity index (χ3v) is 13.9. The molecule has 0 saturated heterocycles. The van der Waals surface area contributed by atoms with Crippen molar-refractivity contribution in [3.05, 3.63) is 0 Å². The molecule has 0 spiro atoms. The fourth-order valence-corrected chi connectivity index (χ4v) is 5.66. The highest BCUT2D eigenvalue weighted by molar-refractivity contribution is 6.81. The first-order chi connectivity index (χ1) is 12.2. The summed E-state index contributed by atoms with van der Waals surface area (Å²) < 4.78 is -19.1. The predicted molar refractivity (Wildman–Crippen MR) is 140 cm³/mol. The number of hydrogen-bond donors (Lipinski definition) is 1. The summed E-state index contributed by atoms with van der Waals surface area (Å²) in [5.74, 6) is 0. The molecule has 0 aromatic carbocycles. The van der Waals surface area contributed by atoms with Gasteiger partial charge in [0.2, 0.25) is 7.59 Å². The van der Waals surface area contributed by atoms with Gasteiger partial charge in [-0.2, -0.15) is 0 Å². The molecular formula is C10H5Cl18N. The molecule has 29 heavy (non-hydrogen) atoms. The van der Waals surface area contributed by atoms with Crippen LogP contribution in [0, 0.1) is 0 Å². The van der Waals surface area contributed by atoms with E-state index in [0.717, 1.165) is 0 Å². The topological polar surface area (TPSA) is 12.0 Å². The third-order valence-electron chi connectivity index (χ3n) is 3.11. The first-order valence-corrected chi connectivity index (χ1v) is 13.1. The average molecular weight is 777 g/mol. The van der Waals surface area contributed by atoms with Crippen molar-refractivity contribution in [2.45, 2.75) is 33.6 Å². The van der Waals surface area contributed by atoms with E-state index in [9.17, 15) is 0 Å². The molecule has 0 amide bonds. The first-order valence-electron chi connectivity index (χ1n) is 6.32. The van der Waals surface area contributed by atoms with Crippen LogP contribution in [-0.4, -0.2) is 46.7 Å². The van der Waals surface area contributed by atoms with E-state index in [1.54, 1.807) is 0 Å². The van der Waals surface area contributed by atoms with Crippen LogP contribution in [0.15, 0.2) is 0 Å². The van der Waals surface area contributed by atoms with E-state index in [1.807, 2.05) is 0 Å². The number of rotatable bonds is 8. The van der Waals surface area contributed by atoms with Gasteiger partial charge in [-0.1, -0.05) is 209 Å². The Balaban J connectivity index is 5.55. The molecular weight excluding hydrogens is 772 g/mol. The molecule has 0 aliphatic carbocycles. The summed E-state index contributed by atoms with van der Waals surface area (Å²) >= 11 is 107. The van der Waals surface area contributed by atoms with E-state index in [4.69, 9.17) is 209 Å². The monoisotopic (exact) mass is 768 g/mol. The lowest BCUT2D eigenvalue weighted by Gasteiger charge is -2.45. The number of hydrogen-bond acceptors (Lipinski definition) is 1. The highest BCUT2D eigenvalue weighted by Crippen LogP contribution is 2.63. The van der Waals surface area contributed by atoms with Gasteiger partial charge in [-0.15, -0.1) is 0 Å². The van der Waals surface area contributed by atoms with Crippen molar-refractivity contribution >= 4 is 209 Å². The van der Waals surface area contributed by atoms with Crippen LogP contribution in [0.2, 0.25) is 0 Å². The highest BCUT2D eigenvalue weighted by atomic mass is 35.6. The Bertz CT molecular complexity index is 518. The van der Waals surface area contributed by atoms with Crippen molar-refractivity contribution in [2.24, 2.45) is 0 Å². The second-order valence-corrected chi connectivity index (χ2v) is 18.1. The molecule has 1 N–H and O–H groups in total. The fraction of sp³-hybridized carbons (Fsp3) is 1.00. The summed E-state index contributed by atoms with van der Waals surface area (Å²) in [6, 6.07) is 0. The zero-order chi connectivity index (χ0) is 24.1. The van der Waals surface area contributed by atoms with Crippen molar-refractivity contribution in [1.82, 2.24) is 5.32 Å². The maximum Gasteiger partial charge on any atom is 0.226 e. The Hall–Kier alpha value is 5.18. The van der Waals surface area contributed by atoms with Crippen molar-refractivity contribution in [3.63, 3.8) is 0 Å². The molecule has 0 saturated carbocycles. The Morgan fingerprint density at radius 3 is 0.724 bits per heavy atom. The van der Waals surface area contributed by atoms with Gasteiger partial charge in [0, 0.05) is 13.1 Å². The molecule has 0 unspecified atom stereocenters. The maximum atomic E-state index is 6.15. The Morgan fingerprint density at radius 1 is 0.345 bits per heavy atom. The van der Waals surface area contributed by atoms with Crippen LogP contribution in [0.25, 0.3) is 0 Å². The van der Waals surface area contributed by atoms with Crippen LogP contribution in [0.3, 0.4) is 0 Å².